The van der Waals surface area contributed by atoms with Crippen LogP contribution in [0, 0.1) is 0 Å². The molecule has 0 aliphatic carbocycles. The number of carbonyl (C=O) groups is 3. The number of nitrogens with zero attached hydrogens (tertiary/aromatic N) is 1. The van der Waals surface area contributed by atoms with E-state index in [9.17, 15) is 14.4 Å². The number of imide groups is 3. The van der Waals surface area contributed by atoms with Crippen LogP contribution in [0.5, 0.6) is 0 Å². The first-order valence-corrected chi connectivity index (χ1v) is 10.4. The molecular formula is C24H33NO3. The Bertz CT molecular complexity index is 620. The Labute approximate surface area is 169 Å². The van der Waals surface area contributed by atoms with Gasteiger partial charge in [-0.05, 0) is 44.9 Å². The molecule has 4 nitrogen and oxygen atoms in total. The molecule has 0 aromatic rings. The lowest BCUT2D eigenvalue weighted by Crippen LogP contribution is -2.36. The second-order valence-electron chi connectivity index (χ2n) is 6.72. The lowest BCUT2D eigenvalue weighted by Gasteiger charge is -2.10. The lowest BCUT2D eigenvalue weighted by molar-refractivity contribution is -0.148. The summed E-state index contributed by atoms with van der Waals surface area (Å²) in [5.74, 6) is -1.49. The zero-order valence-corrected chi connectivity index (χ0v) is 17.0. The number of hydrogen-bond donors (Lipinski definition) is 0. The molecule has 1 aliphatic heterocycles. The van der Waals surface area contributed by atoms with Crippen molar-refractivity contribution < 1.29 is 14.4 Å². The van der Waals surface area contributed by atoms with Crippen molar-refractivity contribution in [1.82, 2.24) is 4.90 Å². The molecule has 0 atom stereocenters. The first-order chi connectivity index (χ1) is 13.7. The van der Waals surface area contributed by atoms with Gasteiger partial charge in [0, 0.05) is 18.6 Å². The van der Waals surface area contributed by atoms with E-state index in [0.29, 0.717) is 11.3 Å². The van der Waals surface area contributed by atoms with Crippen LogP contribution >= 0.6 is 0 Å². The largest absolute Gasteiger partial charge is 0.274 e. The number of carbonyl (C=O) groups excluding carboxylic acids is 3. The summed E-state index contributed by atoms with van der Waals surface area (Å²) in [7, 11) is 0. The molecule has 1 aliphatic rings. The maximum Gasteiger partial charge on any atom is 0.260 e. The standard InChI is InChI=1S/C24H33NO3/c1-2-3-4-5-6-7-8-9-10-11-12-13-14-15-16-17-18-19-22(26)25-23(27)20-21-24(25)28/h6-7,9-10,12-13,15-16,20-21H,2-5,8,11,14,17-19H2,1H3. The zero-order chi connectivity index (χ0) is 20.5. The van der Waals surface area contributed by atoms with E-state index in [-0.39, 0.29) is 6.42 Å². The van der Waals surface area contributed by atoms with Crippen LogP contribution in [0.4, 0.5) is 0 Å². The summed E-state index contributed by atoms with van der Waals surface area (Å²) >= 11 is 0. The summed E-state index contributed by atoms with van der Waals surface area (Å²) in [6.45, 7) is 2.22. The monoisotopic (exact) mass is 383 g/mol. The van der Waals surface area contributed by atoms with Gasteiger partial charge in [0.05, 0.1) is 0 Å². The highest BCUT2D eigenvalue weighted by atomic mass is 16.2. The molecule has 28 heavy (non-hydrogen) atoms. The van der Waals surface area contributed by atoms with Gasteiger partial charge in [-0.25, -0.2) is 4.90 Å². The maximum absolute atomic E-state index is 11.8. The molecule has 0 bridgehead atoms. The molecular weight excluding hydrogens is 350 g/mol. The molecule has 0 aromatic heterocycles. The Morgan fingerprint density at radius 3 is 1.71 bits per heavy atom. The van der Waals surface area contributed by atoms with Gasteiger partial charge in [-0.2, -0.15) is 0 Å². The summed E-state index contributed by atoms with van der Waals surface area (Å²) in [5.41, 5.74) is 0. The fourth-order valence-electron chi connectivity index (χ4n) is 2.69. The second-order valence-corrected chi connectivity index (χ2v) is 6.72. The van der Waals surface area contributed by atoms with E-state index in [4.69, 9.17) is 0 Å². The Balaban J connectivity index is 2.00. The van der Waals surface area contributed by atoms with Gasteiger partial charge in [0.2, 0.25) is 5.91 Å². The third-order valence-corrected chi connectivity index (χ3v) is 4.28. The Hall–Kier alpha value is -2.49. The first-order valence-electron chi connectivity index (χ1n) is 10.4. The lowest BCUT2D eigenvalue weighted by atomic mass is 10.2. The van der Waals surface area contributed by atoms with Crippen molar-refractivity contribution in [1.29, 1.82) is 0 Å². The number of rotatable bonds is 14. The highest BCUT2D eigenvalue weighted by Crippen LogP contribution is 2.09. The van der Waals surface area contributed by atoms with Gasteiger partial charge in [0.15, 0.2) is 0 Å². The van der Waals surface area contributed by atoms with Crippen LogP contribution in [0.1, 0.15) is 71.1 Å². The summed E-state index contributed by atoms with van der Waals surface area (Å²) < 4.78 is 0. The molecule has 0 saturated heterocycles. The molecule has 3 amide bonds. The fraction of sp³-hybridized carbons (Fsp3) is 0.458. The van der Waals surface area contributed by atoms with E-state index in [1.807, 2.05) is 6.08 Å². The Kier molecular flexibility index (Phi) is 13.1. The van der Waals surface area contributed by atoms with E-state index in [1.165, 1.54) is 25.7 Å². The van der Waals surface area contributed by atoms with Crippen molar-refractivity contribution >= 4 is 17.7 Å². The summed E-state index contributed by atoms with van der Waals surface area (Å²) in [6, 6.07) is 0. The van der Waals surface area contributed by atoms with E-state index in [2.05, 4.69) is 49.5 Å². The molecule has 4 heteroatoms. The predicted octanol–water partition coefficient (Wildman–Crippen LogP) is 5.58. The molecule has 0 saturated carbocycles. The van der Waals surface area contributed by atoms with E-state index < -0.39 is 17.7 Å². The van der Waals surface area contributed by atoms with Crippen molar-refractivity contribution in [3.63, 3.8) is 0 Å². The maximum atomic E-state index is 11.8. The minimum absolute atomic E-state index is 0.206. The average molecular weight is 384 g/mol. The van der Waals surface area contributed by atoms with Gasteiger partial charge in [-0.3, -0.25) is 14.4 Å². The molecule has 0 radical (unpaired) electrons. The Morgan fingerprint density at radius 1 is 0.750 bits per heavy atom. The van der Waals surface area contributed by atoms with E-state index in [1.54, 1.807) is 0 Å². The van der Waals surface area contributed by atoms with Crippen molar-refractivity contribution in [3.8, 4) is 0 Å². The SMILES string of the molecule is CCCCCC=CCC=CCC=CCC=CCCCC(=O)N1C(=O)C=CC1=O. The van der Waals surface area contributed by atoms with Crippen LogP contribution < -0.4 is 0 Å². The van der Waals surface area contributed by atoms with Crippen molar-refractivity contribution in [2.45, 2.75) is 71.1 Å². The molecule has 1 heterocycles. The molecule has 1 rings (SSSR count). The van der Waals surface area contributed by atoms with Crippen LogP contribution in [0.2, 0.25) is 0 Å². The molecule has 0 aromatic carbocycles. The normalized spacial score (nSPS) is 14.8. The van der Waals surface area contributed by atoms with Gasteiger partial charge >= 0.3 is 0 Å². The van der Waals surface area contributed by atoms with Gasteiger partial charge < -0.3 is 0 Å². The third kappa shape index (κ3) is 10.6. The van der Waals surface area contributed by atoms with Gasteiger partial charge in [0.25, 0.3) is 11.8 Å². The van der Waals surface area contributed by atoms with Crippen LogP contribution in [-0.2, 0) is 14.4 Å². The highest BCUT2D eigenvalue weighted by Gasteiger charge is 2.28. The minimum atomic E-state index is -0.535. The summed E-state index contributed by atoms with van der Waals surface area (Å²) in [5, 5.41) is 0. The van der Waals surface area contributed by atoms with Crippen LogP contribution in [0.3, 0.4) is 0 Å². The predicted molar refractivity (Wildman–Crippen MR) is 114 cm³/mol. The zero-order valence-electron chi connectivity index (χ0n) is 17.0. The average Bonchev–Trinajstić information content (AvgIpc) is 3.02. The summed E-state index contributed by atoms with van der Waals surface area (Å²) in [4.78, 5) is 35.3. The Morgan fingerprint density at radius 2 is 1.21 bits per heavy atom. The third-order valence-electron chi connectivity index (χ3n) is 4.28. The number of amides is 3. The van der Waals surface area contributed by atoms with Crippen molar-refractivity contribution in [2.75, 3.05) is 0 Å². The fourth-order valence-corrected chi connectivity index (χ4v) is 2.69. The summed E-state index contributed by atoms with van der Waals surface area (Å²) in [6.07, 6.45) is 29.0. The van der Waals surface area contributed by atoms with Gasteiger partial charge in [-0.1, -0.05) is 68.4 Å². The van der Waals surface area contributed by atoms with Crippen molar-refractivity contribution in [3.05, 3.63) is 60.8 Å². The smallest absolute Gasteiger partial charge is 0.260 e. The molecule has 0 unspecified atom stereocenters. The first kappa shape index (κ1) is 23.5. The highest BCUT2D eigenvalue weighted by molar-refractivity contribution is 6.22. The van der Waals surface area contributed by atoms with Crippen LogP contribution in [0.15, 0.2) is 60.8 Å². The number of allylic oxidation sites excluding steroid dienone is 8. The minimum Gasteiger partial charge on any atom is -0.274 e. The molecule has 0 spiro atoms. The number of unbranched alkanes of at least 4 members (excludes halogenated alkanes) is 4. The van der Waals surface area contributed by atoms with Crippen molar-refractivity contribution in [2.24, 2.45) is 0 Å². The van der Waals surface area contributed by atoms with Gasteiger partial charge in [0.1, 0.15) is 0 Å². The molecule has 152 valence electrons. The van der Waals surface area contributed by atoms with Gasteiger partial charge in [-0.15, -0.1) is 0 Å². The topological polar surface area (TPSA) is 54.5 Å². The molecule has 0 N–H and O–H groups in total. The molecule has 0 fully saturated rings. The quantitative estimate of drug-likeness (QED) is 0.223. The van der Waals surface area contributed by atoms with Crippen LogP contribution in [-0.4, -0.2) is 22.6 Å². The van der Waals surface area contributed by atoms with E-state index in [0.717, 1.165) is 37.8 Å². The van der Waals surface area contributed by atoms with E-state index >= 15 is 0 Å². The van der Waals surface area contributed by atoms with Crippen LogP contribution in [0.25, 0.3) is 0 Å². The number of hydrogen-bond acceptors (Lipinski definition) is 3. The second kappa shape index (κ2) is 15.6.